The summed E-state index contributed by atoms with van der Waals surface area (Å²) in [6.45, 7) is -0.0725. The third-order valence-corrected chi connectivity index (χ3v) is 4.63. The zero-order valence-corrected chi connectivity index (χ0v) is 16.3. The van der Waals surface area contributed by atoms with Crippen molar-refractivity contribution in [2.75, 3.05) is 11.9 Å². The molecule has 0 radical (unpaired) electrons. The first-order chi connectivity index (χ1) is 14.8. The monoisotopic (exact) mass is 435 g/mol. The van der Waals surface area contributed by atoms with E-state index < -0.39 is 19.5 Å². The van der Waals surface area contributed by atoms with E-state index in [2.05, 4.69) is 30.7 Å². The van der Waals surface area contributed by atoms with Gasteiger partial charge < -0.3 is 14.5 Å². The van der Waals surface area contributed by atoms with Gasteiger partial charge in [-0.3, -0.25) is 0 Å². The number of H-pyrrole nitrogens is 1. The maximum atomic E-state index is 13.3. The number of nitrogens with one attached hydrogen (secondary N) is 2. The van der Waals surface area contributed by atoms with Gasteiger partial charge in [-0.15, -0.1) is 5.10 Å². The number of tetrazole rings is 1. The van der Waals surface area contributed by atoms with Gasteiger partial charge in [0, 0.05) is 23.2 Å². The van der Waals surface area contributed by atoms with Crippen LogP contribution in [-0.2, 0) is 13.2 Å². The van der Waals surface area contributed by atoms with Gasteiger partial charge in [-0.05, 0) is 64.9 Å². The van der Waals surface area contributed by atoms with Crippen molar-refractivity contribution < 1.29 is 26.7 Å². The minimum absolute atomic E-state index is 0.0396. The van der Waals surface area contributed by atoms with Crippen LogP contribution >= 0.6 is 0 Å². The van der Waals surface area contributed by atoms with Crippen LogP contribution in [0.15, 0.2) is 40.8 Å². The third kappa shape index (κ3) is 4.76. The van der Waals surface area contributed by atoms with Crippen LogP contribution in [0.3, 0.4) is 0 Å². The van der Waals surface area contributed by atoms with Crippen LogP contribution in [0, 0.1) is 6.92 Å². The Morgan fingerprint density at radius 1 is 1.13 bits per heavy atom. The highest BCUT2D eigenvalue weighted by Crippen LogP contribution is 2.29. The molecule has 0 aliphatic carbocycles. The van der Waals surface area contributed by atoms with E-state index in [-0.39, 0.29) is 11.3 Å². The predicted molar refractivity (Wildman–Crippen MR) is 104 cm³/mol. The molecule has 0 fully saturated rings. The number of ether oxygens (including phenoxy) is 1. The van der Waals surface area contributed by atoms with E-state index in [0.29, 0.717) is 29.4 Å². The Balaban J connectivity index is 1.50. The van der Waals surface area contributed by atoms with Crippen LogP contribution in [0.2, 0.25) is 0 Å². The zero-order valence-electron chi connectivity index (χ0n) is 16.3. The van der Waals surface area contributed by atoms with Crippen molar-refractivity contribution in [2.24, 2.45) is 0 Å². The summed E-state index contributed by atoms with van der Waals surface area (Å²) >= 11 is 0. The lowest BCUT2D eigenvalue weighted by Gasteiger charge is -2.14. The Morgan fingerprint density at radius 2 is 1.97 bits per heavy atom. The fourth-order valence-electron chi connectivity index (χ4n) is 3.11. The molecule has 0 saturated carbocycles. The summed E-state index contributed by atoms with van der Waals surface area (Å²) in [6.07, 6.45) is -4.49. The first-order valence-corrected chi connectivity index (χ1v) is 9.22. The molecule has 0 saturated heterocycles. The first kappa shape index (κ1) is 20.6. The molecule has 0 spiro atoms. The molecule has 0 aliphatic rings. The van der Waals surface area contributed by atoms with E-state index in [0.717, 1.165) is 16.5 Å². The fraction of sp³-hybridized carbons (Fsp3) is 0.250. The lowest BCUT2D eigenvalue weighted by atomic mass is 10.1. The number of aromatic amines is 1. The molecule has 0 unspecified atom stereocenters. The van der Waals surface area contributed by atoms with Gasteiger partial charge in [0.2, 0.25) is 5.82 Å². The number of aryl methyl sites for hydroxylation is 1. The van der Waals surface area contributed by atoms with E-state index in [1.54, 1.807) is 6.07 Å². The van der Waals surface area contributed by atoms with Gasteiger partial charge in [-0.25, -0.2) is 9.49 Å². The number of furan rings is 1. The van der Waals surface area contributed by atoms with E-state index in [1.165, 1.54) is 12.1 Å². The van der Waals surface area contributed by atoms with Gasteiger partial charge in [0.1, 0.15) is 18.0 Å². The van der Waals surface area contributed by atoms with Crippen molar-refractivity contribution in [3.8, 4) is 17.3 Å². The van der Waals surface area contributed by atoms with Crippen LogP contribution in [0.4, 0.5) is 23.2 Å². The molecule has 0 aliphatic heterocycles. The number of aromatic nitrogens is 4. The smallest absolute Gasteiger partial charge is 0.422 e. The van der Waals surface area contributed by atoms with E-state index in [4.69, 9.17) is 4.42 Å². The Morgan fingerprint density at radius 3 is 2.68 bits per heavy atom. The van der Waals surface area contributed by atoms with Gasteiger partial charge in [0.05, 0.1) is 0 Å². The molecule has 2 aromatic heterocycles. The summed E-state index contributed by atoms with van der Waals surface area (Å²) in [5.41, 5.74) is 3.17. The molecule has 7 nitrogen and oxygen atoms in total. The molecule has 2 heterocycles. The SMILES string of the molecule is Cc1cc2cc(-c3nnn[nH]3)oc2cc1CNc1ccc(OCC(F)(F)F)c(CF)c1. The van der Waals surface area contributed by atoms with Crippen LogP contribution in [0.1, 0.15) is 16.7 Å². The summed E-state index contributed by atoms with van der Waals surface area (Å²) in [6, 6.07) is 9.96. The number of nitrogens with zero attached hydrogens (tertiary/aromatic N) is 3. The minimum Gasteiger partial charge on any atom is -0.484 e. The number of anilines is 1. The van der Waals surface area contributed by atoms with Crippen LogP contribution in [-0.4, -0.2) is 33.4 Å². The summed E-state index contributed by atoms with van der Waals surface area (Å²) in [5, 5.41) is 17.6. The molecule has 11 heteroatoms. The second-order valence-electron chi connectivity index (χ2n) is 6.89. The normalized spacial score (nSPS) is 11.8. The summed E-state index contributed by atoms with van der Waals surface area (Å²) in [7, 11) is 0. The molecule has 2 N–H and O–H groups in total. The molecular weight excluding hydrogens is 418 g/mol. The Labute approximate surface area is 173 Å². The highest BCUT2D eigenvalue weighted by Gasteiger charge is 2.28. The van der Waals surface area contributed by atoms with E-state index in [9.17, 15) is 17.6 Å². The molecule has 31 heavy (non-hydrogen) atoms. The van der Waals surface area contributed by atoms with E-state index in [1.807, 2.05) is 25.1 Å². The Hall–Kier alpha value is -3.63. The molecule has 162 valence electrons. The fourth-order valence-corrected chi connectivity index (χ4v) is 3.11. The number of alkyl halides is 4. The van der Waals surface area contributed by atoms with Gasteiger partial charge in [-0.1, -0.05) is 0 Å². The summed E-state index contributed by atoms with van der Waals surface area (Å²) < 4.78 is 60.8. The van der Waals surface area contributed by atoms with Gasteiger partial charge in [0.15, 0.2) is 12.4 Å². The van der Waals surface area contributed by atoms with Gasteiger partial charge in [0.25, 0.3) is 0 Å². The quantitative estimate of drug-likeness (QED) is 0.400. The van der Waals surface area contributed by atoms with Gasteiger partial charge >= 0.3 is 6.18 Å². The number of benzene rings is 2. The van der Waals surface area contributed by atoms with Crippen molar-refractivity contribution in [3.05, 3.63) is 53.1 Å². The second-order valence-corrected chi connectivity index (χ2v) is 6.89. The average molecular weight is 435 g/mol. The average Bonchev–Trinajstić information content (AvgIpc) is 3.39. The lowest BCUT2D eigenvalue weighted by Crippen LogP contribution is -2.19. The second kappa shape index (κ2) is 8.25. The lowest BCUT2D eigenvalue weighted by molar-refractivity contribution is -0.153. The molecule has 4 aromatic rings. The van der Waals surface area contributed by atoms with Crippen molar-refractivity contribution >= 4 is 16.7 Å². The van der Waals surface area contributed by atoms with Crippen molar-refractivity contribution in [1.82, 2.24) is 20.6 Å². The maximum absolute atomic E-state index is 13.3. The minimum atomic E-state index is -4.49. The first-order valence-electron chi connectivity index (χ1n) is 9.22. The molecule has 0 amide bonds. The zero-order chi connectivity index (χ0) is 22.0. The van der Waals surface area contributed by atoms with Gasteiger partial charge in [-0.2, -0.15) is 13.2 Å². The molecular formula is C20H17F4N5O2. The van der Waals surface area contributed by atoms with Crippen molar-refractivity contribution in [3.63, 3.8) is 0 Å². The molecule has 0 bridgehead atoms. The van der Waals surface area contributed by atoms with Crippen LogP contribution in [0.25, 0.3) is 22.6 Å². The predicted octanol–water partition coefficient (Wildman–Crippen LogP) is 4.94. The standard InChI is InChI=1S/C20H17F4N5O2/c1-11-4-12-6-18(19-26-28-29-27-19)31-17(12)7-14(11)9-25-15-2-3-16(13(5-15)8-21)30-10-20(22,23)24/h2-7,25H,8-10H2,1H3,(H,26,27,28,29). The largest absolute Gasteiger partial charge is 0.484 e. The topological polar surface area (TPSA) is 88.9 Å². The van der Waals surface area contributed by atoms with Crippen LogP contribution < -0.4 is 10.1 Å². The molecule has 2 aromatic carbocycles. The maximum Gasteiger partial charge on any atom is 0.422 e. The van der Waals surface area contributed by atoms with Crippen molar-refractivity contribution in [1.29, 1.82) is 0 Å². The third-order valence-electron chi connectivity index (χ3n) is 4.63. The number of hydrogen-bond acceptors (Lipinski definition) is 6. The van der Waals surface area contributed by atoms with Crippen molar-refractivity contribution in [2.45, 2.75) is 26.3 Å². The highest BCUT2D eigenvalue weighted by molar-refractivity contribution is 5.83. The van der Waals surface area contributed by atoms with E-state index >= 15 is 0 Å². The molecule has 0 atom stereocenters. The number of rotatable bonds is 7. The van der Waals surface area contributed by atoms with Crippen LogP contribution in [0.5, 0.6) is 5.75 Å². The highest BCUT2D eigenvalue weighted by atomic mass is 19.4. The molecule has 4 rings (SSSR count). The number of fused-ring (bicyclic) bond motifs is 1. The Kier molecular flexibility index (Phi) is 5.49. The summed E-state index contributed by atoms with van der Waals surface area (Å²) in [4.78, 5) is 0. The number of hydrogen-bond donors (Lipinski definition) is 2. The Bertz CT molecular complexity index is 1190. The summed E-state index contributed by atoms with van der Waals surface area (Å²) in [5.74, 6) is 0.791. The number of halogens is 4.